The number of nitrogens with zero attached hydrogens (tertiary/aromatic N) is 6. The maximum absolute atomic E-state index is 12.1. The van der Waals surface area contributed by atoms with Crippen LogP contribution in [0, 0.1) is 0 Å². The molecule has 4 aromatic rings. The molecule has 4 heterocycles. The van der Waals surface area contributed by atoms with E-state index < -0.39 is 0 Å². The van der Waals surface area contributed by atoms with Crippen LogP contribution in [0.5, 0.6) is 0 Å². The average molecular weight is 467 g/mol. The second-order valence-electron chi connectivity index (χ2n) is 7.26. The molecule has 1 aliphatic heterocycles. The number of hydrogen-bond acceptors (Lipinski definition) is 7. The van der Waals surface area contributed by atoms with E-state index in [4.69, 9.17) is 16.0 Å². The van der Waals surface area contributed by atoms with Crippen molar-refractivity contribution in [2.75, 3.05) is 6.54 Å². The second kappa shape index (κ2) is 9.13. The lowest BCUT2D eigenvalue weighted by Crippen LogP contribution is -2.25. The van der Waals surface area contributed by atoms with Gasteiger partial charge in [0.1, 0.15) is 5.82 Å². The molecule has 8 nitrogen and oxygen atoms in total. The highest BCUT2D eigenvalue weighted by molar-refractivity contribution is 7.98. The van der Waals surface area contributed by atoms with Crippen molar-refractivity contribution in [3.63, 3.8) is 0 Å². The van der Waals surface area contributed by atoms with Gasteiger partial charge in [-0.25, -0.2) is 9.97 Å². The van der Waals surface area contributed by atoms with E-state index in [1.165, 1.54) is 11.8 Å². The minimum absolute atomic E-state index is 0.142. The highest BCUT2D eigenvalue weighted by Gasteiger charge is 2.24. The molecule has 0 saturated carbocycles. The Morgan fingerprint density at radius 1 is 1.12 bits per heavy atom. The van der Waals surface area contributed by atoms with Gasteiger partial charge in [0, 0.05) is 29.7 Å². The first-order chi connectivity index (χ1) is 15.7. The number of benzene rings is 1. The van der Waals surface area contributed by atoms with Gasteiger partial charge in [-0.15, -0.1) is 10.2 Å². The summed E-state index contributed by atoms with van der Waals surface area (Å²) in [7, 11) is 0. The normalized spacial score (nSPS) is 13.8. The van der Waals surface area contributed by atoms with Crippen LogP contribution in [0.25, 0.3) is 17.1 Å². The van der Waals surface area contributed by atoms with Crippen molar-refractivity contribution in [2.45, 2.75) is 30.3 Å². The molecule has 162 valence electrons. The first-order valence-electron chi connectivity index (χ1n) is 10.1. The van der Waals surface area contributed by atoms with Gasteiger partial charge in [0.25, 0.3) is 0 Å². The highest BCUT2D eigenvalue weighted by Crippen LogP contribution is 2.28. The topological polar surface area (TPSA) is 89.9 Å². The van der Waals surface area contributed by atoms with Crippen molar-refractivity contribution >= 4 is 29.3 Å². The Balaban J connectivity index is 1.37. The Bertz CT molecular complexity index is 1240. The Labute approximate surface area is 193 Å². The predicted molar refractivity (Wildman–Crippen MR) is 120 cm³/mol. The predicted octanol–water partition coefficient (Wildman–Crippen LogP) is 4.39. The minimum Gasteiger partial charge on any atom is -0.440 e. The summed E-state index contributed by atoms with van der Waals surface area (Å²) in [5, 5.41) is 10.0. The van der Waals surface area contributed by atoms with Gasteiger partial charge in [0.05, 0.1) is 18.5 Å². The number of thioether (sulfide) groups is 1. The molecular formula is C22H19ClN6O2S. The van der Waals surface area contributed by atoms with Crippen molar-refractivity contribution in [3.05, 3.63) is 71.6 Å². The Morgan fingerprint density at radius 2 is 2.06 bits per heavy atom. The molecule has 0 aliphatic carbocycles. The molecule has 0 unspecified atom stereocenters. The monoisotopic (exact) mass is 466 g/mol. The summed E-state index contributed by atoms with van der Waals surface area (Å²) < 4.78 is 7.79. The number of oxazole rings is 1. The van der Waals surface area contributed by atoms with Gasteiger partial charge < -0.3 is 9.32 Å². The summed E-state index contributed by atoms with van der Waals surface area (Å²) in [6.07, 6.45) is 4.87. The van der Waals surface area contributed by atoms with Crippen molar-refractivity contribution < 1.29 is 9.21 Å². The van der Waals surface area contributed by atoms with E-state index in [-0.39, 0.29) is 5.91 Å². The molecule has 0 radical (unpaired) electrons. The third kappa shape index (κ3) is 4.39. The van der Waals surface area contributed by atoms with Crippen LogP contribution >= 0.6 is 23.4 Å². The fourth-order valence-corrected chi connectivity index (χ4v) is 4.54. The number of rotatable bonds is 7. The van der Waals surface area contributed by atoms with Crippen LogP contribution in [0.15, 0.2) is 64.4 Å². The molecule has 1 amide bonds. The molecule has 0 bridgehead atoms. The second-order valence-corrected chi connectivity index (χ2v) is 8.64. The van der Waals surface area contributed by atoms with Crippen molar-refractivity contribution in [2.24, 2.45) is 0 Å². The van der Waals surface area contributed by atoms with E-state index in [9.17, 15) is 4.79 Å². The van der Waals surface area contributed by atoms with Gasteiger partial charge in [-0.2, -0.15) is 0 Å². The van der Waals surface area contributed by atoms with Crippen LogP contribution in [-0.4, -0.2) is 42.1 Å². The maximum Gasteiger partial charge on any atom is 0.223 e. The molecule has 10 heteroatoms. The van der Waals surface area contributed by atoms with E-state index in [1.807, 2.05) is 51.9 Å². The van der Waals surface area contributed by atoms with Crippen LogP contribution in [0.1, 0.15) is 24.6 Å². The molecule has 0 atom stereocenters. The summed E-state index contributed by atoms with van der Waals surface area (Å²) in [6.45, 7) is 1.14. The molecule has 5 rings (SSSR count). The number of halogens is 1. The fourth-order valence-electron chi connectivity index (χ4n) is 3.53. The summed E-state index contributed by atoms with van der Waals surface area (Å²) in [6, 6.07) is 13.1. The maximum atomic E-state index is 12.1. The van der Waals surface area contributed by atoms with Crippen LogP contribution in [-0.2, 0) is 17.1 Å². The van der Waals surface area contributed by atoms with E-state index in [1.54, 1.807) is 12.4 Å². The van der Waals surface area contributed by atoms with Gasteiger partial charge >= 0.3 is 0 Å². The molecule has 1 saturated heterocycles. The SMILES string of the molecule is O=C1CCCN1Cc1nnc(SCc2ncc(-c3cccc(Cl)c3)o2)n1-c1ccccn1. The highest BCUT2D eigenvalue weighted by atomic mass is 35.5. The van der Waals surface area contributed by atoms with E-state index in [0.29, 0.717) is 52.2 Å². The van der Waals surface area contributed by atoms with Crippen molar-refractivity contribution in [1.82, 2.24) is 29.6 Å². The summed E-state index contributed by atoms with van der Waals surface area (Å²) >= 11 is 7.53. The van der Waals surface area contributed by atoms with Gasteiger partial charge in [-0.05, 0) is 30.7 Å². The molecular weight excluding hydrogens is 448 g/mol. The third-order valence-electron chi connectivity index (χ3n) is 5.07. The molecule has 1 aliphatic rings. The van der Waals surface area contributed by atoms with Gasteiger partial charge in [-0.1, -0.05) is 41.6 Å². The molecule has 1 aromatic carbocycles. The molecule has 3 aromatic heterocycles. The third-order valence-corrected chi connectivity index (χ3v) is 6.22. The summed E-state index contributed by atoms with van der Waals surface area (Å²) in [5.74, 6) is 3.21. The Morgan fingerprint density at radius 3 is 2.84 bits per heavy atom. The number of likely N-dealkylation sites (tertiary alicyclic amines) is 1. The number of aromatic nitrogens is 5. The molecule has 32 heavy (non-hydrogen) atoms. The number of hydrogen-bond donors (Lipinski definition) is 0. The summed E-state index contributed by atoms with van der Waals surface area (Å²) in [5.41, 5.74) is 0.871. The Kier molecular flexibility index (Phi) is 5.91. The fraction of sp³-hybridized carbons (Fsp3) is 0.227. The van der Waals surface area contributed by atoms with Crippen LogP contribution in [0.4, 0.5) is 0 Å². The lowest BCUT2D eigenvalue weighted by molar-refractivity contribution is -0.128. The van der Waals surface area contributed by atoms with E-state index in [0.717, 1.165) is 18.5 Å². The standard InChI is InChI=1S/C22H19ClN6O2S/c23-16-6-3-5-15(11-16)17-12-25-20(31-17)14-32-22-27-26-19(13-28-10-4-8-21(28)30)29(22)18-7-1-2-9-24-18/h1-3,5-7,9,11-12H,4,8,10,13-14H2. The molecule has 1 fully saturated rings. The van der Waals surface area contributed by atoms with Crippen molar-refractivity contribution in [1.29, 1.82) is 0 Å². The smallest absolute Gasteiger partial charge is 0.223 e. The van der Waals surface area contributed by atoms with E-state index >= 15 is 0 Å². The van der Waals surface area contributed by atoms with E-state index in [2.05, 4.69) is 20.2 Å². The van der Waals surface area contributed by atoms with Crippen LogP contribution < -0.4 is 0 Å². The van der Waals surface area contributed by atoms with Gasteiger partial charge in [0.2, 0.25) is 11.8 Å². The largest absolute Gasteiger partial charge is 0.440 e. The number of amides is 1. The molecule has 0 spiro atoms. The zero-order chi connectivity index (χ0) is 21.9. The van der Waals surface area contributed by atoms with Crippen LogP contribution in [0.3, 0.4) is 0 Å². The lowest BCUT2D eigenvalue weighted by atomic mass is 10.2. The first-order valence-corrected chi connectivity index (χ1v) is 11.5. The number of pyridine rings is 1. The average Bonchev–Trinajstić information content (AvgIpc) is 3.54. The van der Waals surface area contributed by atoms with Crippen molar-refractivity contribution in [3.8, 4) is 17.1 Å². The zero-order valence-electron chi connectivity index (χ0n) is 17.0. The minimum atomic E-state index is 0.142. The number of carbonyl (C=O) groups excluding carboxylic acids is 1. The molecule has 0 N–H and O–H groups in total. The van der Waals surface area contributed by atoms with Gasteiger partial charge in [0.15, 0.2) is 16.7 Å². The zero-order valence-corrected chi connectivity index (χ0v) is 18.6. The quantitative estimate of drug-likeness (QED) is 0.373. The lowest BCUT2D eigenvalue weighted by Gasteiger charge is -2.16. The summed E-state index contributed by atoms with van der Waals surface area (Å²) in [4.78, 5) is 22.8. The Hall–Kier alpha value is -3.17. The number of carbonyl (C=O) groups is 1. The van der Waals surface area contributed by atoms with Gasteiger partial charge in [-0.3, -0.25) is 9.36 Å². The van der Waals surface area contributed by atoms with Crippen LogP contribution in [0.2, 0.25) is 5.02 Å². The first kappa shape index (κ1) is 20.7.